The van der Waals surface area contributed by atoms with Crippen molar-refractivity contribution in [3.05, 3.63) is 18.2 Å². The molecule has 192 valence electrons. The lowest BCUT2D eigenvalue weighted by Gasteiger charge is -2.35. The van der Waals surface area contributed by atoms with Gasteiger partial charge >= 0.3 is 0 Å². The molecule has 1 aliphatic heterocycles. The van der Waals surface area contributed by atoms with Crippen molar-refractivity contribution in [3.63, 3.8) is 0 Å². The van der Waals surface area contributed by atoms with Crippen molar-refractivity contribution >= 4 is 21.8 Å². The first-order valence-corrected chi connectivity index (χ1v) is 12.9. The molecule has 0 aromatic heterocycles. The molecule has 10 nitrogen and oxygen atoms in total. The van der Waals surface area contributed by atoms with E-state index in [1.54, 1.807) is 16.4 Å². The maximum absolute atomic E-state index is 13.4. The molecule has 0 bridgehead atoms. The third-order valence-electron chi connectivity index (χ3n) is 6.16. The molecule has 1 saturated heterocycles. The molecular weight excluding hydrogens is 462 g/mol. The van der Waals surface area contributed by atoms with Gasteiger partial charge in [0.2, 0.25) is 21.8 Å². The van der Waals surface area contributed by atoms with E-state index in [0.717, 1.165) is 23.6 Å². The first kappa shape index (κ1) is 27.9. The standard InChI is InChI=1S/C23H37N3O7S/c1-16(2)13-18(23(28)26-11-7-6-8-12-26)19(22(27)24-29)15-25(3)34(30,31)21-14-17(32-4)9-10-20(21)33-5/h9-10,14,16,18-19,29H,6-8,11-13,15H2,1-5H3,(H,24,27)/t18-,19+/m1/s1. The number of sulfonamides is 1. The molecule has 0 saturated carbocycles. The van der Waals surface area contributed by atoms with Crippen LogP contribution in [0.5, 0.6) is 11.5 Å². The number of nitrogens with zero attached hydrogens (tertiary/aromatic N) is 2. The number of likely N-dealkylation sites (tertiary alicyclic amines) is 1. The molecule has 2 N–H and O–H groups in total. The van der Waals surface area contributed by atoms with E-state index in [1.807, 2.05) is 13.8 Å². The Morgan fingerprint density at radius 3 is 2.29 bits per heavy atom. The van der Waals surface area contributed by atoms with Crippen LogP contribution in [0.1, 0.15) is 39.5 Å². The number of piperidine rings is 1. The summed E-state index contributed by atoms with van der Waals surface area (Å²) in [6, 6.07) is 4.41. The van der Waals surface area contributed by atoms with Crippen molar-refractivity contribution in [2.45, 2.75) is 44.4 Å². The van der Waals surface area contributed by atoms with Crippen molar-refractivity contribution in [2.24, 2.45) is 17.8 Å². The van der Waals surface area contributed by atoms with Gasteiger partial charge in [0, 0.05) is 32.7 Å². The lowest BCUT2D eigenvalue weighted by atomic mass is 9.83. The molecule has 1 aromatic rings. The summed E-state index contributed by atoms with van der Waals surface area (Å²) in [5.74, 6) is -2.32. The molecule has 1 aliphatic rings. The van der Waals surface area contributed by atoms with E-state index in [4.69, 9.17) is 9.47 Å². The van der Waals surface area contributed by atoms with E-state index in [9.17, 15) is 23.2 Å². The lowest BCUT2D eigenvalue weighted by molar-refractivity contribution is -0.146. The summed E-state index contributed by atoms with van der Waals surface area (Å²) in [5, 5.41) is 9.43. The fraction of sp³-hybridized carbons (Fsp3) is 0.652. The number of nitrogens with one attached hydrogen (secondary N) is 1. The number of carbonyl (C=O) groups is 2. The Hall–Kier alpha value is -2.37. The van der Waals surface area contributed by atoms with Crippen molar-refractivity contribution in [2.75, 3.05) is 40.9 Å². The van der Waals surface area contributed by atoms with Crippen molar-refractivity contribution in [1.82, 2.24) is 14.7 Å². The average molecular weight is 500 g/mol. The van der Waals surface area contributed by atoms with Gasteiger partial charge in [-0.2, -0.15) is 4.31 Å². The first-order chi connectivity index (χ1) is 16.1. The van der Waals surface area contributed by atoms with E-state index < -0.39 is 27.8 Å². The smallest absolute Gasteiger partial charge is 0.248 e. The highest BCUT2D eigenvalue weighted by molar-refractivity contribution is 7.89. The normalized spacial score (nSPS) is 16.3. The summed E-state index contributed by atoms with van der Waals surface area (Å²) >= 11 is 0. The molecule has 2 rings (SSSR count). The minimum atomic E-state index is -4.12. The predicted octanol–water partition coefficient (Wildman–Crippen LogP) is 2.12. The van der Waals surface area contributed by atoms with Gasteiger partial charge in [0.1, 0.15) is 16.4 Å². The van der Waals surface area contributed by atoms with Crippen molar-refractivity contribution in [1.29, 1.82) is 0 Å². The quantitative estimate of drug-likeness (QED) is 0.353. The second-order valence-electron chi connectivity index (χ2n) is 9.01. The van der Waals surface area contributed by atoms with Crippen LogP contribution in [0.15, 0.2) is 23.1 Å². The fourth-order valence-corrected chi connectivity index (χ4v) is 5.66. The Morgan fingerprint density at radius 1 is 1.12 bits per heavy atom. The van der Waals surface area contributed by atoms with Gasteiger partial charge in [0.05, 0.1) is 26.1 Å². The van der Waals surface area contributed by atoms with E-state index in [0.29, 0.717) is 25.3 Å². The fourth-order valence-electron chi connectivity index (χ4n) is 4.30. The Labute approximate surface area is 202 Å². The molecule has 1 heterocycles. The minimum absolute atomic E-state index is 0.0770. The van der Waals surface area contributed by atoms with Gasteiger partial charge < -0.3 is 14.4 Å². The van der Waals surface area contributed by atoms with Crippen LogP contribution < -0.4 is 15.0 Å². The van der Waals surface area contributed by atoms with Gasteiger partial charge in [-0.1, -0.05) is 13.8 Å². The number of amides is 2. The van der Waals surface area contributed by atoms with Gasteiger partial charge in [-0.3, -0.25) is 14.8 Å². The molecule has 0 spiro atoms. The van der Waals surface area contributed by atoms with Crippen molar-refractivity contribution in [3.8, 4) is 11.5 Å². The number of benzene rings is 1. The summed E-state index contributed by atoms with van der Waals surface area (Å²) in [5.41, 5.74) is 1.64. The van der Waals surface area contributed by atoms with Gasteiger partial charge in [-0.05, 0) is 43.7 Å². The monoisotopic (exact) mass is 499 g/mol. The summed E-state index contributed by atoms with van der Waals surface area (Å²) in [6.07, 6.45) is 3.20. The molecule has 2 atom stereocenters. The van der Waals surface area contributed by atoms with Crippen LogP contribution >= 0.6 is 0 Å². The summed E-state index contributed by atoms with van der Waals surface area (Å²) in [7, 11) is -0.00209. The molecule has 1 aromatic carbocycles. The number of hydrogen-bond donors (Lipinski definition) is 2. The number of methoxy groups -OCH3 is 2. The predicted molar refractivity (Wildman–Crippen MR) is 126 cm³/mol. The van der Waals surface area contributed by atoms with Crippen LogP contribution in [0, 0.1) is 17.8 Å². The summed E-state index contributed by atoms with van der Waals surface area (Å²) < 4.78 is 38.3. The Balaban J connectivity index is 2.41. The molecule has 0 radical (unpaired) electrons. The van der Waals surface area contributed by atoms with Gasteiger partial charge in [-0.15, -0.1) is 0 Å². The highest BCUT2D eigenvalue weighted by atomic mass is 32.2. The second-order valence-corrected chi connectivity index (χ2v) is 11.0. The Kier molecular flexibility index (Phi) is 10.1. The molecule has 0 unspecified atom stereocenters. The lowest BCUT2D eigenvalue weighted by Crippen LogP contribution is -2.49. The zero-order valence-electron chi connectivity index (χ0n) is 20.6. The first-order valence-electron chi connectivity index (χ1n) is 11.5. The van der Waals surface area contributed by atoms with Crippen LogP contribution in [-0.4, -0.2) is 75.5 Å². The number of rotatable bonds is 11. The maximum atomic E-state index is 13.4. The van der Waals surface area contributed by atoms with Crippen LogP contribution in [0.2, 0.25) is 0 Å². The third kappa shape index (κ3) is 6.61. The van der Waals surface area contributed by atoms with Crippen LogP contribution in [0.4, 0.5) is 0 Å². The van der Waals surface area contributed by atoms with Gasteiger partial charge in [-0.25, -0.2) is 13.9 Å². The molecule has 0 aliphatic carbocycles. The number of ether oxygens (including phenoxy) is 2. The minimum Gasteiger partial charge on any atom is -0.497 e. The summed E-state index contributed by atoms with van der Waals surface area (Å²) in [6.45, 7) is 4.79. The van der Waals surface area contributed by atoms with E-state index >= 15 is 0 Å². The maximum Gasteiger partial charge on any atom is 0.248 e. The molecule has 11 heteroatoms. The van der Waals surface area contributed by atoms with Gasteiger partial charge in [0.25, 0.3) is 0 Å². The number of hydroxylamine groups is 1. The van der Waals surface area contributed by atoms with Gasteiger partial charge in [0.15, 0.2) is 0 Å². The van der Waals surface area contributed by atoms with E-state index in [-0.39, 0.29) is 29.0 Å². The summed E-state index contributed by atoms with van der Waals surface area (Å²) in [4.78, 5) is 27.8. The second kappa shape index (κ2) is 12.4. The topological polar surface area (TPSA) is 125 Å². The molecule has 1 fully saturated rings. The van der Waals surface area contributed by atoms with E-state index in [1.165, 1.54) is 33.4 Å². The Bertz CT molecular complexity index is 946. The van der Waals surface area contributed by atoms with Crippen LogP contribution in [-0.2, 0) is 19.6 Å². The third-order valence-corrected chi connectivity index (χ3v) is 8.00. The zero-order valence-corrected chi connectivity index (χ0v) is 21.4. The number of hydrogen-bond acceptors (Lipinski definition) is 7. The van der Waals surface area contributed by atoms with E-state index in [2.05, 4.69) is 0 Å². The van der Waals surface area contributed by atoms with Crippen LogP contribution in [0.25, 0.3) is 0 Å². The van der Waals surface area contributed by atoms with Crippen molar-refractivity contribution < 1.29 is 32.7 Å². The highest BCUT2D eigenvalue weighted by Gasteiger charge is 2.39. The number of carbonyl (C=O) groups excluding carboxylic acids is 2. The molecule has 34 heavy (non-hydrogen) atoms. The zero-order chi connectivity index (χ0) is 25.5. The SMILES string of the molecule is COc1ccc(OC)c(S(=O)(=O)N(C)C[C@H](C(=O)NO)[C@@H](CC(C)C)C(=O)N2CCCCC2)c1. The average Bonchev–Trinajstić information content (AvgIpc) is 2.84. The molecular formula is C23H37N3O7S. The Morgan fingerprint density at radius 2 is 1.76 bits per heavy atom. The highest BCUT2D eigenvalue weighted by Crippen LogP contribution is 2.32. The largest absolute Gasteiger partial charge is 0.497 e. The van der Waals surface area contributed by atoms with Crippen LogP contribution in [0.3, 0.4) is 0 Å². The molecule has 2 amide bonds.